The molecule has 154 valence electrons. The summed E-state index contributed by atoms with van der Waals surface area (Å²) in [5, 5.41) is 0.808. The Bertz CT molecular complexity index is 1360. The van der Waals surface area contributed by atoms with Gasteiger partial charge in [-0.05, 0) is 18.2 Å². The molecular formula is C26H21NO4. The fourth-order valence-electron chi connectivity index (χ4n) is 4.45. The molecule has 5 heteroatoms. The maximum absolute atomic E-state index is 13.6. The van der Waals surface area contributed by atoms with Crippen molar-refractivity contribution in [2.45, 2.75) is 12.0 Å². The number of aromatic nitrogens is 1. The molecule has 5 rings (SSSR count). The Hall–Kier alpha value is -3.86. The highest BCUT2D eigenvalue weighted by Gasteiger charge is 2.45. The Balaban J connectivity index is 1.80. The summed E-state index contributed by atoms with van der Waals surface area (Å²) in [5.41, 5.74) is 2.37. The summed E-state index contributed by atoms with van der Waals surface area (Å²) in [4.78, 5) is 27.0. The number of carbonyl (C=O) groups excluding carboxylic acids is 1. The number of aryl methyl sites for hydroxylation is 1. The van der Waals surface area contributed by atoms with Gasteiger partial charge < -0.3 is 14.0 Å². The number of methoxy groups -OCH3 is 1. The molecule has 31 heavy (non-hydrogen) atoms. The van der Waals surface area contributed by atoms with Crippen LogP contribution in [0.15, 0.2) is 83.7 Å². The van der Waals surface area contributed by atoms with Gasteiger partial charge >= 0.3 is 0 Å². The lowest BCUT2D eigenvalue weighted by Crippen LogP contribution is -2.32. The van der Waals surface area contributed by atoms with Crippen LogP contribution in [0.4, 0.5) is 0 Å². The van der Waals surface area contributed by atoms with Crippen molar-refractivity contribution in [3.05, 3.63) is 106 Å². The van der Waals surface area contributed by atoms with Gasteiger partial charge in [-0.3, -0.25) is 9.59 Å². The summed E-state index contributed by atoms with van der Waals surface area (Å²) < 4.78 is 13.5. The highest BCUT2D eigenvalue weighted by molar-refractivity contribution is 6.02. The Morgan fingerprint density at radius 3 is 2.39 bits per heavy atom. The van der Waals surface area contributed by atoms with Crippen molar-refractivity contribution in [3.8, 4) is 11.5 Å². The van der Waals surface area contributed by atoms with Crippen molar-refractivity contribution in [2.24, 2.45) is 7.05 Å². The molecule has 0 radical (unpaired) electrons. The molecule has 0 fully saturated rings. The number of ether oxygens (including phenoxy) is 2. The molecule has 1 aliphatic heterocycles. The predicted molar refractivity (Wildman–Crippen MR) is 119 cm³/mol. The molecule has 5 nitrogen and oxygen atoms in total. The molecule has 4 aromatic rings. The van der Waals surface area contributed by atoms with Crippen molar-refractivity contribution in [3.63, 3.8) is 0 Å². The van der Waals surface area contributed by atoms with Crippen molar-refractivity contribution in [1.29, 1.82) is 0 Å². The number of hydrogen-bond acceptors (Lipinski definition) is 4. The maximum atomic E-state index is 13.6. The van der Waals surface area contributed by atoms with Crippen molar-refractivity contribution >= 4 is 16.7 Å². The summed E-state index contributed by atoms with van der Waals surface area (Å²) in [6.45, 7) is 0. The minimum absolute atomic E-state index is 0.168. The Morgan fingerprint density at radius 1 is 0.935 bits per heavy atom. The summed E-state index contributed by atoms with van der Waals surface area (Å²) in [5.74, 6) is 0.343. The van der Waals surface area contributed by atoms with E-state index in [1.54, 1.807) is 30.9 Å². The molecule has 0 spiro atoms. The SMILES string of the molecule is COc1ccccc1C1c2c(c3ccccc3n(C)c2=O)OC1C(=O)c1ccccc1. The van der Waals surface area contributed by atoms with Crippen LogP contribution in [-0.4, -0.2) is 23.6 Å². The largest absolute Gasteiger partial charge is 0.496 e. The first kappa shape index (κ1) is 19.1. The van der Waals surface area contributed by atoms with E-state index in [0.29, 0.717) is 22.6 Å². The zero-order valence-corrected chi connectivity index (χ0v) is 17.2. The van der Waals surface area contributed by atoms with Crippen LogP contribution in [0.25, 0.3) is 10.9 Å². The predicted octanol–water partition coefficient (Wildman–Crippen LogP) is 4.32. The van der Waals surface area contributed by atoms with E-state index in [4.69, 9.17) is 9.47 Å². The number of hydrogen-bond donors (Lipinski definition) is 0. The molecule has 0 saturated heterocycles. The first-order valence-electron chi connectivity index (χ1n) is 10.1. The van der Waals surface area contributed by atoms with Gasteiger partial charge in [0.1, 0.15) is 11.5 Å². The molecule has 0 amide bonds. The number of nitrogens with zero attached hydrogens (tertiary/aromatic N) is 1. The molecule has 0 saturated carbocycles. The van der Waals surface area contributed by atoms with Crippen molar-refractivity contribution in [2.75, 3.05) is 7.11 Å². The molecule has 2 heterocycles. The van der Waals surface area contributed by atoms with Crippen LogP contribution in [-0.2, 0) is 7.05 Å². The number of pyridine rings is 1. The molecule has 2 atom stereocenters. The minimum atomic E-state index is -0.868. The molecule has 2 unspecified atom stereocenters. The van der Waals surface area contributed by atoms with Crippen LogP contribution >= 0.6 is 0 Å². The van der Waals surface area contributed by atoms with Gasteiger partial charge in [-0.2, -0.15) is 0 Å². The molecule has 1 aliphatic rings. The van der Waals surface area contributed by atoms with Crippen LogP contribution in [0, 0.1) is 0 Å². The second kappa shape index (κ2) is 7.43. The lowest BCUT2D eigenvalue weighted by atomic mass is 9.84. The standard InChI is InChI=1S/C26H21NO4/c1-27-19-14-8-6-12-17(19)24-22(26(27)29)21(18-13-7-9-15-20(18)30-2)25(31-24)23(28)16-10-4-3-5-11-16/h3-15,21,25H,1-2H3. The zero-order valence-electron chi connectivity index (χ0n) is 17.2. The van der Waals surface area contributed by atoms with E-state index >= 15 is 0 Å². The highest BCUT2D eigenvalue weighted by atomic mass is 16.5. The molecule has 3 aromatic carbocycles. The van der Waals surface area contributed by atoms with E-state index in [-0.39, 0.29) is 11.3 Å². The number of fused-ring (bicyclic) bond motifs is 3. The van der Waals surface area contributed by atoms with Crippen LogP contribution in [0.3, 0.4) is 0 Å². The highest BCUT2D eigenvalue weighted by Crippen LogP contribution is 2.47. The Morgan fingerprint density at radius 2 is 1.61 bits per heavy atom. The first-order chi connectivity index (χ1) is 15.1. The lowest BCUT2D eigenvalue weighted by molar-refractivity contribution is 0.0807. The van der Waals surface area contributed by atoms with Crippen LogP contribution in [0.5, 0.6) is 11.5 Å². The first-order valence-corrected chi connectivity index (χ1v) is 10.1. The van der Waals surface area contributed by atoms with Gasteiger partial charge in [-0.1, -0.05) is 60.7 Å². The number of ketones is 1. The minimum Gasteiger partial charge on any atom is -0.496 e. The van der Waals surface area contributed by atoms with Crippen molar-refractivity contribution < 1.29 is 14.3 Å². The lowest BCUT2D eigenvalue weighted by Gasteiger charge is -2.20. The quantitative estimate of drug-likeness (QED) is 0.469. The second-order valence-corrected chi connectivity index (χ2v) is 7.61. The van der Waals surface area contributed by atoms with E-state index in [1.165, 1.54) is 0 Å². The monoisotopic (exact) mass is 411 g/mol. The van der Waals surface area contributed by atoms with E-state index in [0.717, 1.165) is 16.5 Å². The molecular weight excluding hydrogens is 390 g/mol. The molecule has 0 bridgehead atoms. The smallest absolute Gasteiger partial charge is 0.258 e. The molecule has 1 aromatic heterocycles. The van der Waals surface area contributed by atoms with Gasteiger partial charge in [0.15, 0.2) is 6.10 Å². The normalized spacial score (nSPS) is 17.2. The molecule has 0 aliphatic carbocycles. The number of rotatable bonds is 4. The summed E-state index contributed by atoms with van der Waals surface area (Å²) in [6, 6.07) is 24.1. The van der Waals surface area contributed by atoms with Crippen LogP contribution < -0.4 is 15.0 Å². The zero-order chi connectivity index (χ0) is 21.5. The van der Waals surface area contributed by atoms with Crippen LogP contribution in [0.1, 0.15) is 27.4 Å². The van der Waals surface area contributed by atoms with Gasteiger partial charge in [0.2, 0.25) is 5.78 Å². The summed E-state index contributed by atoms with van der Waals surface area (Å²) in [6.07, 6.45) is -0.868. The van der Waals surface area contributed by atoms with Crippen LogP contribution in [0.2, 0.25) is 0 Å². The maximum Gasteiger partial charge on any atom is 0.258 e. The number of Topliss-reactive ketones (excluding diaryl/α,β-unsaturated/α-hetero) is 1. The van der Waals surface area contributed by atoms with E-state index in [2.05, 4.69) is 0 Å². The number of benzene rings is 3. The third-order valence-corrected chi connectivity index (χ3v) is 5.94. The van der Waals surface area contributed by atoms with Gasteiger partial charge in [-0.15, -0.1) is 0 Å². The van der Waals surface area contributed by atoms with E-state index in [1.807, 2.05) is 66.7 Å². The Kier molecular flexibility index (Phi) is 4.59. The average molecular weight is 411 g/mol. The topological polar surface area (TPSA) is 57.5 Å². The van der Waals surface area contributed by atoms with E-state index < -0.39 is 12.0 Å². The number of carbonyl (C=O) groups is 1. The van der Waals surface area contributed by atoms with E-state index in [9.17, 15) is 9.59 Å². The number of para-hydroxylation sites is 2. The Labute approximate surface area is 179 Å². The average Bonchev–Trinajstić information content (AvgIpc) is 3.23. The van der Waals surface area contributed by atoms with Gasteiger partial charge in [0.25, 0.3) is 5.56 Å². The van der Waals surface area contributed by atoms with Gasteiger partial charge in [-0.25, -0.2) is 0 Å². The summed E-state index contributed by atoms with van der Waals surface area (Å²) in [7, 11) is 3.33. The van der Waals surface area contributed by atoms with Gasteiger partial charge in [0.05, 0.1) is 24.1 Å². The van der Waals surface area contributed by atoms with Crippen molar-refractivity contribution in [1.82, 2.24) is 4.57 Å². The van der Waals surface area contributed by atoms with Gasteiger partial charge in [0, 0.05) is 23.6 Å². The second-order valence-electron chi connectivity index (χ2n) is 7.61. The third-order valence-electron chi connectivity index (χ3n) is 5.94. The fourth-order valence-corrected chi connectivity index (χ4v) is 4.45. The third kappa shape index (κ3) is 2.93. The fraction of sp³-hybridized carbons (Fsp3) is 0.154. The summed E-state index contributed by atoms with van der Waals surface area (Å²) >= 11 is 0. The molecule has 0 N–H and O–H groups in total.